The van der Waals surface area contributed by atoms with Crippen LogP contribution in [-0.2, 0) is 9.53 Å². The predicted octanol–water partition coefficient (Wildman–Crippen LogP) is 1.37. The zero-order valence-electron chi connectivity index (χ0n) is 10.2. The third kappa shape index (κ3) is 3.50. The van der Waals surface area contributed by atoms with Crippen molar-refractivity contribution in [2.75, 3.05) is 12.5 Å². The molecular weight excluding hydrogens is 252 g/mol. The Morgan fingerprint density at radius 1 is 1.58 bits per heavy atom. The van der Waals surface area contributed by atoms with Gasteiger partial charge in [-0.15, -0.1) is 0 Å². The summed E-state index contributed by atoms with van der Waals surface area (Å²) in [6.45, 7) is 1.70. The Labute approximate surface area is 108 Å². The number of methoxy groups -OCH3 is 1. The van der Waals surface area contributed by atoms with Crippen molar-refractivity contribution in [3.8, 4) is 6.07 Å². The van der Waals surface area contributed by atoms with Gasteiger partial charge in [0.1, 0.15) is 11.8 Å². The predicted molar refractivity (Wildman–Crippen MR) is 66.5 cm³/mol. The highest BCUT2D eigenvalue weighted by molar-refractivity contribution is 6.43. The van der Waals surface area contributed by atoms with Crippen LogP contribution in [0.3, 0.4) is 0 Å². The van der Waals surface area contributed by atoms with Gasteiger partial charge in [-0.1, -0.05) is 6.07 Å². The minimum Gasteiger partial charge on any atom is -0.464 e. The van der Waals surface area contributed by atoms with Gasteiger partial charge in [-0.3, -0.25) is 15.5 Å². The monoisotopic (exact) mass is 262 g/mol. The number of carbonyl (C=O) groups excluding carboxylic acids is 1. The topological polar surface area (TPSA) is 118 Å². The molecule has 1 rings (SSSR count). The van der Waals surface area contributed by atoms with E-state index in [-0.39, 0.29) is 11.4 Å². The van der Waals surface area contributed by atoms with Gasteiger partial charge in [0.25, 0.3) is 5.69 Å². The third-order valence-corrected chi connectivity index (χ3v) is 2.12. The second kappa shape index (κ2) is 6.11. The maximum Gasteiger partial charge on any atom is 0.369 e. The number of rotatable bonds is 4. The van der Waals surface area contributed by atoms with Gasteiger partial charge in [0.2, 0.25) is 5.71 Å². The minimum absolute atomic E-state index is 0.0762. The molecule has 0 aliphatic rings. The van der Waals surface area contributed by atoms with E-state index in [4.69, 9.17) is 5.26 Å². The van der Waals surface area contributed by atoms with E-state index in [9.17, 15) is 14.9 Å². The van der Waals surface area contributed by atoms with Crippen molar-refractivity contribution in [3.63, 3.8) is 0 Å². The molecule has 0 spiro atoms. The van der Waals surface area contributed by atoms with Gasteiger partial charge in [0.15, 0.2) is 0 Å². The molecule has 8 nitrogen and oxygen atoms in total. The van der Waals surface area contributed by atoms with Crippen molar-refractivity contribution in [1.82, 2.24) is 0 Å². The maximum absolute atomic E-state index is 11.1. The summed E-state index contributed by atoms with van der Waals surface area (Å²) in [5.74, 6) is -0.926. The Bertz CT molecular complexity index is 589. The number of ether oxygens (including phenoxy) is 1. The van der Waals surface area contributed by atoms with E-state index >= 15 is 0 Å². The van der Waals surface area contributed by atoms with E-state index in [2.05, 4.69) is 15.3 Å². The number of carbonyl (C=O) groups is 1. The number of hydrogen-bond donors (Lipinski definition) is 1. The number of benzene rings is 1. The largest absolute Gasteiger partial charge is 0.464 e. The molecule has 98 valence electrons. The van der Waals surface area contributed by atoms with Gasteiger partial charge in [0, 0.05) is 6.07 Å². The van der Waals surface area contributed by atoms with Crippen LogP contribution in [-0.4, -0.2) is 23.7 Å². The Hall–Kier alpha value is -2.95. The first-order chi connectivity index (χ1) is 8.99. The molecule has 0 saturated carbocycles. The zero-order chi connectivity index (χ0) is 14.4. The molecular formula is C11H10N4O4. The lowest BCUT2D eigenvalue weighted by atomic mass is 10.2. The molecule has 0 aliphatic carbocycles. The fourth-order valence-electron chi connectivity index (χ4n) is 1.22. The Morgan fingerprint density at radius 3 is 2.79 bits per heavy atom. The van der Waals surface area contributed by atoms with E-state index < -0.39 is 16.6 Å². The highest BCUT2D eigenvalue weighted by atomic mass is 16.6. The van der Waals surface area contributed by atoms with Gasteiger partial charge in [-0.05, 0) is 18.6 Å². The number of esters is 1. The minimum atomic E-state index is -0.926. The summed E-state index contributed by atoms with van der Waals surface area (Å²) < 4.78 is 4.32. The number of hydrazone groups is 1. The van der Waals surface area contributed by atoms with Crippen LogP contribution in [0.5, 0.6) is 0 Å². The molecule has 8 heteroatoms. The van der Waals surface area contributed by atoms with Gasteiger partial charge < -0.3 is 4.74 Å². The summed E-state index contributed by atoms with van der Waals surface area (Å²) in [4.78, 5) is 21.3. The van der Waals surface area contributed by atoms with E-state index in [0.29, 0.717) is 5.56 Å². The second-order valence-corrected chi connectivity index (χ2v) is 3.45. The van der Waals surface area contributed by atoms with Crippen LogP contribution in [0.25, 0.3) is 0 Å². The van der Waals surface area contributed by atoms with E-state index in [1.54, 1.807) is 13.0 Å². The smallest absolute Gasteiger partial charge is 0.369 e. The van der Waals surface area contributed by atoms with E-state index in [1.165, 1.54) is 18.2 Å². The molecule has 19 heavy (non-hydrogen) atoms. The standard InChI is InChI=1S/C11H10N4O4/c1-7-3-4-8(10(5-7)15(17)18)13-14-9(6-12)11(16)19-2/h3-5,13H,1-2H3/b14-9-. The van der Waals surface area contributed by atoms with Gasteiger partial charge in [-0.2, -0.15) is 10.4 Å². The summed E-state index contributed by atoms with van der Waals surface area (Å²) in [7, 11) is 1.10. The molecule has 1 N–H and O–H groups in total. The summed E-state index contributed by atoms with van der Waals surface area (Å²) in [6, 6.07) is 5.94. The van der Waals surface area contributed by atoms with Crippen LogP contribution < -0.4 is 5.43 Å². The Kier molecular flexibility index (Phi) is 4.54. The van der Waals surface area contributed by atoms with Crippen molar-refractivity contribution in [3.05, 3.63) is 33.9 Å². The first-order valence-electron chi connectivity index (χ1n) is 5.06. The molecule has 0 aromatic heterocycles. The lowest BCUT2D eigenvalue weighted by molar-refractivity contribution is -0.384. The summed E-state index contributed by atoms with van der Waals surface area (Å²) >= 11 is 0. The molecule has 0 saturated heterocycles. The normalized spacial score (nSPS) is 10.5. The number of nitrogens with one attached hydrogen (secondary N) is 1. The van der Waals surface area contributed by atoms with Gasteiger partial charge in [0.05, 0.1) is 12.0 Å². The average Bonchev–Trinajstić information content (AvgIpc) is 2.40. The molecule has 0 amide bonds. The third-order valence-electron chi connectivity index (χ3n) is 2.12. The van der Waals surface area contributed by atoms with Crippen LogP contribution in [0.15, 0.2) is 23.3 Å². The molecule has 0 fully saturated rings. The first kappa shape index (κ1) is 14.1. The van der Waals surface area contributed by atoms with Crippen molar-refractivity contribution in [1.29, 1.82) is 5.26 Å². The van der Waals surface area contributed by atoms with Crippen molar-refractivity contribution >= 4 is 23.1 Å². The number of aryl methyl sites for hydroxylation is 1. The Morgan fingerprint density at radius 2 is 2.26 bits per heavy atom. The fraction of sp³-hybridized carbons (Fsp3) is 0.182. The summed E-state index contributed by atoms with van der Waals surface area (Å²) in [5.41, 5.74) is 2.36. The van der Waals surface area contributed by atoms with E-state index in [1.807, 2.05) is 0 Å². The number of nitro groups is 1. The highest BCUT2D eigenvalue weighted by Crippen LogP contribution is 2.25. The molecule has 0 radical (unpaired) electrons. The molecule has 0 unspecified atom stereocenters. The van der Waals surface area contributed by atoms with Gasteiger partial charge in [-0.25, -0.2) is 4.79 Å². The molecule has 1 aromatic rings. The van der Waals surface area contributed by atoms with Gasteiger partial charge >= 0.3 is 5.97 Å². The van der Waals surface area contributed by atoms with Crippen LogP contribution in [0, 0.1) is 28.4 Å². The van der Waals surface area contributed by atoms with Crippen LogP contribution in [0.1, 0.15) is 5.56 Å². The molecule has 0 atom stereocenters. The number of hydrogen-bond acceptors (Lipinski definition) is 7. The van der Waals surface area contributed by atoms with Crippen molar-refractivity contribution in [2.24, 2.45) is 5.10 Å². The highest BCUT2D eigenvalue weighted by Gasteiger charge is 2.15. The molecule has 0 heterocycles. The number of anilines is 1. The van der Waals surface area contributed by atoms with Crippen LogP contribution >= 0.6 is 0 Å². The Balaban J connectivity index is 3.07. The van der Waals surface area contributed by atoms with Crippen molar-refractivity contribution < 1.29 is 14.5 Å². The van der Waals surface area contributed by atoms with Crippen LogP contribution in [0.4, 0.5) is 11.4 Å². The van der Waals surface area contributed by atoms with E-state index in [0.717, 1.165) is 7.11 Å². The van der Waals surface area contributed by atoms with Crippen molar-refractivity contribution in [2.45, 2.75) is 6.92 Å². The first-order valence-corrected chi connectivity index (χ1v) is 5.06. The zero-order valence-corrected chi connectivity index (χ0v) is 10.2. The lowest BCUT2D eigenvalue weighted by Gasteiger charge is -2.03. The fourth-order valence-corrected chi connectivity index (χ4v) is 1.22. The quantitative estimate of drug-likeness (QED) is 0.379. The molecule has 1 aromatic carbocycles. The number of nitriles is 1. The maximum atomic E-state index is 11.1. The number of nitro benzene ring substituents is 1. The summed E-state index contributed by atoms with van der Waals surface area (Å²) in [6.07, 6.45) is 0. The molecule has 0 bridgehead atoms. The second-order valence-electron chi connectivity index (χ2n) is 3.45. The number of nitrogens with zero attached hydrogens (tertiary/aromatic N) is 3. The molecule has 0 aliphatic heterocycles. The summed E-state index contributed by atoms with van der Waals surface area (Å²) in [5, 5.41) is 23.0. The lowest BCUT2D eigenvalue weighted by Crippen LogP contribution is -2.15. The van der Waals surface area contributed by atoms with Crippen LogP contribution in [0.2, 0.25) is 0 Å². The average molecular weight is 262 g/mol. The SMILES string of the molecule is COC(=O)/C(C#N)=N\Nc1ccc(C)cc1[N+](=O)[O-].